The van der Waals surface area contributed by atoms with Gasteiger partial charge in [0.2, 0.25) is 0 Å². The molecule has 0 aliphatic carbocycles. The summed E-state index contributed by atoms with van der Waals surface area (Å²) in [6.45, 7) is 7.53. The fraction of sp³-hybridized carbons (Fsp3) is 0.366. The van der Waals surface area contributed by atoms with E-state index >= 15 is 0 Å². The van der Waals surface area contributed by atoms with E-state index in [0.717, 1.165) is 52.8 Å². The van der Waals surface area contributed by atoms with E-state index in [1.54, 1.807) is 12.1 Å². The molecule has 256 valence electrons. The van der Waals surface area contributed by atoms with Crippen LogP contribution in [-0.4, -0.2) is 52.7 Å². The Morgan fingerprint density at radius 1 is 0.857 bits per heavy atom. The third-order valence-electron chi connectivity index (χ3n) is 9.03. The molecule has 2 saturated heterocycles. The number of hydrogen-bond donors (Lipinski definition) is 2. The van der Waals surface area contributed by atoms with E-state index in [9.17, 15) is 14.7 Å². The molecule has 4 aromatic carbocycles. The highest BCUT2D eigenvalue weighted by molar-refractivity contribution is 5.94. The molecule has 0 bridgehead atoms. The molecule has 0 saturated carbocycles. The second kappa shape index (κ2) is 15.5. The van der Waals surface area contributed by atoms with Gasteiger partial charge >= 0.3 is 5.97 Å². The zero-order chi connectivity index (χ0) is 34.4. The zero-order valence-corrected chi connectivity index (χ0v) is 28.5. The van der Waals surface area contributed by atoms with Crippen LogP contribution in [0, 0.1) is 0 Å². The minimum Gasteiger partial charge on any atom is -0.459 e. The molecular weight excluding hydrogens is 616 g/mol. The summed E-state index contributed by atoms with van der Waals surface area (Å²) in [4.78, 5) is 27.8. The van der Waals surface area contributed by atoms with Gasteiger partial charge in [0.15, 0.2) is 6.29 Å². The predicted molar refractivity (Wildman–Crippen MR) is 188 cm³/mol. The van der Waals surface area contributed by atoms with Crippen molar-refractivity contribution in [2.24, 2.45) is 0 Å². The second-order valence-electron chi connectivity index (χ2n) is 13.9. The van der Waals surface area contributed by atoms with Gasteiger partial charge in [0, 0.05) is 30.6 Å². The van der Waals surface area contributed by atoms with Crippen LogP contribution in [-0.2, 0) is 32.2 Å². The van der Waals surface area contributed by atoms with Gasteiger partial charge in [-0.3, -0.25) is 14.5 Å². The van der Waals surface area contributed by atoms with Crippen molar-refractivity contribution >= 4 is 11.9 Å². The Labute approximate surface area is 289 Å². The molecule has 4 atom stereocenters. The van der Waals surface area contributed by atoms with Crippen molar-refractivity contribution in [3.8, 4) is 11.1 Å². The van der Waals surface area contributed by atoms with Crippen LogP contribution in [0.3, 0.4) is 0 Å². The molecule has 2 aliphatic heterocycles. The average molecular weight is 663 g/mol. The third kappa shape index (κ3) is 9.02. The third-order valence-corrected chi connectivity index (χ3v) is 9.03. The van der Waals surface area contributed by atoms with Gasteiger partial charge in [-0.1, -0.05) is 84.9 Å². The van der Waals surface area contributed by atoms with Gasteiger partial charge in [0.05, 0.1) is 18.8 Å². The maximum atomic E-state index is 13.1. The molecule has 8 heteroatoms. The number of rotatable bonds is 10. The number of ether oxygens (including phenoxy) is 3. The summed E-state index contributed by atoms with van der Waals surface area (Å²) < 4.78 is 19.0. The maximum Gasteiger partial charge on any atom is 0.323 e. The Hall–Kier alpha value is -4.34. The van der Waals surface area contributed by atoms with Gasteiger partial charge in [-0.2, -0.15) is 0 Å². The van der Waals surface area contributed by atoms with Crippen molar-refractivity contribution in [2.75, 3.05) is 13.1 Å². The normalized spacial score (nSPS) is 21.3. The topological polar surface area (TPSA) is 97.3 Å². The fourth-order valence-corrected chi connectivity index (χ4v) is 6.54. The maximum absolute atomic E-state index is 13.1. The quantitative estimate of drug-likeness (QED) is 0.175. The highest BCUT2D eigenvalue weighted by atomic mass is 16.7. The molecule has 4 aromatic rings. The molecule has 2 N–H and O–H groups in total. The van der Waals surface area contributed by atoms with Gasteiger partial charge < -0.3 is 24.6 Å². The van der Waals surface area contributed by atoms with E-state index < -0.39 is 11.9 Å². The number of likely N-dealkylation sites (tertiary alicyclic amines) is 1. The first-order chi connectivity index (χ1) is 23.6. The van der Waals surface area contributed by atoms with Crippen molar-refractivity contribution in [3.05, 3.63) is 131 Å². The van der Waals surface area contributed by atoms with E-state index in [-0.39, 0.29) is 36.7 Å². The number of nitrogens with zero attached hydrogens (tertiary/aromatic N) is 1. The molecule has 2 heterocycles. The summed E-state index contributed by atoms with van der Waals surface area (Å²) in [5, 5.41) is 12.6. The van der Waals surface area contributed by atoms with Crippen LogP contribution in [0.5, 0.6) is 0 Å². The average Bonchev–Trinajstić information content (AvgIpc) is 3.58. The van der Waals surface area contributed by atoms with Gasteiger partial charge in [0.1, 0.15) is 11.6 Å². The zero-order valence-electron chi connectivity index (χ0n) is 28.5. The molecule has 0 unspecified atom stereocenters. The number of amides is 1. The van der Waals surface area contributed by atoms with Crippen molar-refractivity contribution in [2.45, 2.75) is 83.3 Å². The van der Waals surface area contributed by atoms with Gasteiger partial charge in [-0.05, 0) is 86.2 Å². The van der Waals surface area contributed by atoms with Crippen LogP contribution in [0.4, 0.5) is 0 Å². The second-order valence-corrected chi connectivity index (χ2v) is 13.9. The standard InChI is InChI=1S/C41H46N2O6/c1-41(2,3)49-39(46)36-13-8-22-43(36)26-35-24-37(31-16-14-28(27-44)15-17-31)48-40(47-35)33-20-18-30(19-21-33)34-12-7-9-29(23-34)25-42-38(45)32-10-5-4-6-11-32/h4-7,9-12,14-21,23,35-37,40,44H,8,13,22,24-27H2,1-3H3,(H,42,45)/t35-,36+,37+,40+/m1/s1. The molecule has 8 nitrogen and oxygen atoms in total. The van der Waals surface area contributed by atoms with Crippen molar-refractivity contribution in [1.82, 2.24) is 10.2 Å². The molecule has 0 radical (unpaired) electrons. The smallest absolute Gasteiger partial charge is 0.323 e. The SMILES string of the molecule is CC(C)(C)OC(=O)[C@@H]1CCCN1C[C@H]1C[C@@H](c2ccc(CO)cc2)O[C@@H](c2ccc(-c3cccc(CNC(=O)c4ccccc4)c3)cc2)O1. The largest absolute Gasteiger partial charge is 0.459 e. The molecule has 1 amide bonds. The van der Waals surface area contributed by atoms with E-state index in [1.807, 2.05) is 87.5 Å². The Morgan fingerprint density at radius 3 is 2.31 bits per heavy atom. The summed E-state index contributed by atoms with van der Waals surface area (Å²) in [6.07, 6.45) is 1.35. The minimum absolute atomic E-state index is 0.0151. The Morgan fingerprint density at radius 2 is 1.59 bits per heavy atom. The molecule has 2 fully saturated rings. The molecular formula is C41H46N2O6. The van der Waals surface area contributed by atoms with Gasteiger partial charge in [0.25, 0.3) is 5.91 Å². The first-order valence-corrected chi connectivity index (χ1v) is 17.2. The number of aliphatic hydroxyl groups excluding tert-OH is 1. The van der Waals surface area contributed by atoms with Crippen molar-refractivity contribution in [1.29, 1.82) is 0 Å². The number of carbonyl (C=O) groups excluding carboxylic acids is 2. The van der Waals surface area contributed by atoms with Crippen LogP contribution in [0.15, 0.2) is 103 Å². The fourth-order valence-electron chi connectivity index (χ4n) is 6.54. The molecule has 0 aromatic heterocycles. The monoisotopic (exact) mass is 662 g/mol. The molecule has 49 heavy (non-hydrogen) atoms. The van der Waals surface area contributed by atoms with Gasteiger partial charge in [-0.25, -0.2) is 0 Å². The van der Waals surface area contributed by atoms with E-state index in [1.165, 1.54) is 0 Å². The highest BCUT2D eigenvalue weighted by Crippen LogP contribution is 2.39. The lowest BCUT2D eigenvalue weighted by Crippen LogP contribution is -2.45. The molecule has 2 aliphatic rings. The summed E-state index contributed by atoms with van der Waals surface area (Å²) in [6, 6.07) is 33.2. The van der Waals surface area contributed by atoms with E-state index in [2.05, 4.69) is 34.5 Å². The van der Waals surface area contributed by atoms with E-state index in [4.69, 9.17) is 14.2 Å². The van der Waals surface area contributed by atoms with Crippen LogP contribution in [0.25, 0.3) is 11.1 Å². The number of aliphatic hydroxyl groups is 1. The lowest BCUT2D eigenvalue weighted by atomic mass is 9.98. The lowest BCUT2D eigenvalue weighted by Gasteiger charge is -2.38. The Bertz CT molecular complexity index is 1700. The molecule has 0 spiro atoms. The first kappa shape index (κ1) is 34.5. The van der Waals surface area contributed by atoms with Crippen LogP contribution in [0.1, 0.15) is 85.0 Å². The van der Waals surface area contributed by atoms with Crippen molar-refractivity contribution in [3.63, 3.8) is 0 Å². The lowest BCUT2D eigenvalue weighted by molar-refractivity contribution is -0.253. The number of benzene rings is 4. The molecule has 6 rings (SSSR count). The number of nitrogens with one attached hydrogen (secondary N) is 1. The van der Waals surface area contributed by atoms with E-state index in [0.29, 0.717) is 25.1 Å². The van der Waals surface area contributed by atoms with Gasteiger partial charge in [-0.15, -0.1) is 0 Å². The first-order valence-electron chi connectivity index (χ1n) is 17.2. The summed E-state index contributed by atoms with van der Waals surface area (Å²) in [7, 11) is 0. The van der Waals surface area contributed by atoms with Crippen LogP contribution in [0.2, 0.25) is 0 Å². The van der Waals surface area contributed by atoms with Crippen LogP contribution < -0.4 is 5.32 Å². The highest BCUT2D eigenvalue weighted by Gasteiger charge is 2.39. The van der Waals surface area contributed by atoms with Crippen LogP contribution >= 0.6 is 0 Å². The van der Waals surface area contributed by atoms with Crippen molar-refractivity contribution < 1.29 is 28.9 Å². The Balaban J connectivity index is 1.17. The summed E-state index contributed by atoms with van der Waals surface area (Å²) >= 11 is 0. The predicted octanol–water partition coefficient (Wildman–Crippen LogP) is 7.13. The minimum atomic E-state index is -0.600. The summed E-state index contributed by atoms with van der Waals surface area (Å²) in [5.74, 6) is -0.281. The number of carbonyl (C=O) groups is 2. The Kier molecular flexibility index (Phi) is 10.9. The number of hydrogen-bond acceptors (Lipinski definition) is 7. The summed E-state index contributed by atoms with van der Waals surface area (Å²) in [5.41, 5.74) is 5.97. The number of esters is 1.